The van der Waals surface area contributed by atoms with Gasteiger partial charge >= 0.3 is 0 Å². The van der Waals surface area contributed by atoms with Crippen LogP contribution in [-0.4, -0.2) is 43.3 Å². The molecule has 0 aromatic rings. The van der Waals surface area contributed by atoms with Crippen molar-refractivity contribution in [1.29, 1.82) is 0 Å². The number of halogens is 1. The molecule has 3 heteroatoms. The van der Waals surface area contributed by atoms with Crippen molar-refractivity contribution in [3.05, 3.63) is 0 Å². The molecule has 0 atom stereocenters. The van der Waals surface area contributed by atoms with E-state index >= 15 is 0 Å². The summed E-state index contributed by atoms with van der Waals surface area (Å²) in [5.41, 5.74) is -0.262. The van der Waals surface area contributed by atoms with Gasteiger partial charge in [-0.2, -0.15) is 0 Å². The Bertz CT molecular complexity index is 119. The molecule has 1 aliphatic rings. The summed E-state index contributed by atoms with van der Waals surface area (Å²) in [5.74, 6) is 0. The number of nitrogens with one attached hydrogen (secondary N) is 1. The summed E-state index contributed by atoms with van der Waals surface area (Å²) in [4.78, 5) is 2.20. The molecule has 0 bridgehead atoms. The van der Waals surface area contributed by atoms with Crippen molar-refractivity contribution in [2.75, 3.05) is 32.9 Å². The number of nitrogens with zero attached hydrogens (tertiary/aromatic N) is 1. The molecule has 1 N–H and O–H groups in total. The smallest absolute Gasteiger partial charge is 0.107 e. The van der Waals surface area contributed by atoms with Gasteiger partial charge in [0.25, 0.3) is 0 Å². The molecule has 1 rings (SSSR count). The van der Waals surface area contributed by atoms with Crippen LogP contribution in [0.3, 0.4) is 0 Å². The highest BCUT2D eigenvalue weighted by Gasteiger charge is 2.27. The molecule has 1 fully saturated rings. The van der Waals surface area contributed by atoms with Gasteiger partial charge in [0.1, 0.15) is 6.67 Å². The van der Waals surface area contributed by atoms with E-state index in [4.69, 9.17) is 0 Å². The highest BCUT2D eigenvalue weighted by Crippen LogP contribution is 2.14. The molecular weight excluding hydrogens is 143 g/mol. The van der Waals surface area contributed by atoms with Crippen molar-refractivity contribution >= 4 is 0 Å². The molecule has 0 unspecified atom stereocenters. The van der Waals surface area contributed by atoms with Crippen LogP contribution in [0.1, 0.15) is 13.8 Å². The molecule has 0 aromatic heterocycles. The van der Waals surface area contributed by atoms with Crippen LogP contribution in [0.4, 0.5) is 4.39 Å². The Balaban J connectivity index is 2.43. The van der Waals surface area contributed by atoms with Crippen LogP contribution in [0.25, 0.3) is 0 Å². The maximum absolute atomic E-state index is 12.5. The first-order valence-electron chi connectivity index (χ1n) is 4.18. The second-order valence-corrected chi connectivity index (χ2v) is 3.68. The summed E-state index contributed by atoms with van der Waals surface area (Å²) in [6.07, 6.45) is 0. The van der Waals surface area contributed by atoms with Crippen LogP contribution in [0, 0.1) is 0 Å². The first-order valence-corrected chi connectivity index (χ1v) is 4.18. The van der Waals surface area contributed by atoms with Crippen LogP contribution < -0.4 is 5.32 Å². The van der Waals surface area contributed by atoms with Crippen LogP contribution in [-0.2, 0) is 0 Å². The van der Waals surface area contributed by atoms with E-state index in [9.17, 15) is 4.39 Å². The average molecular weight is 160 g/mol. The minimum Gasteiger partial charge on any atom is -0.314 e. The zero-order valence-corrected chi connectivity index (χ0v) is 7.36. The maximum Gasteiger partial charge on any atom is 0.107 e. The number of alkyl halides is 1. The molecule has 0 saturated carbocycles. The van der Waals surface area contributed by atoms with Gasteiger partial charge in [0.15, 0.2) is 0 Å². The molecule has 1 heterocycles. The lowest BCUT2D eigenvalue weighted by Crippen LogP contribution is -2.54. The van der Waals surface area contributed by atoms with Crippen molar-refractivity contribution in [1.82, 2.24) is 10.2 Å². The van der Waals surface area contributed by atoms with E-state index in [0.717, 1.165) is 26.2 Å². The Morgan fingerprint density at radius 2 is 1.91 bits per heavy atom. The van der Waals surface area contributed by atoms with Gasteiger partial charge < -0.3 is 5.32 Å². The highest BCUT2D eigenvalue weighted by molar-refractivity contribution is 4.83. The second kappa shape index (κ2) is 3.50. The first-order chi connectivity index (χ1) is 5.17. The largest absolute Gasteiger partial charge is 0.314 e. The normalized spacial score (nSPS) is 22.1. The van der Waals surface area contributed by atoms with E-state index in [1.807, 2.05) is 13.8 Å². The third-order valence-corrected chi connectivity index (χ3v) is 2.30. The molecule has 11 heavy (non-hydrogen) atoms. The summed E-state index contributed by atoms with van der Waals surface area (Å²) in [6.45, 7) is 7.57. The fraction of sp³-hybridized carbons (Fsp3) is 1.00. The summed E-state index contributed by atoms with van der Waals surface area (Å²) in [7, 11) is 0. The number of hydrogen-bond donors (Lipinski definition) is 1. The van der Waals surface area contributed by atoms with Crippen molar-refractivity contribution in [3.8, 4) is 0 Å². The minimum atomic E-state index is -0.262. The Hall–Kier alpha value is -0.150. The lowest BCUT2D eigenvalue weighted by Gasteiger charge is -2.39. The predicted molar refractivity (Wildman–Crippen MR) is 44.5 cm³/mol. The third kappa shape index (κ3) is 2.14. The first kappa shape index (κ1) is 8.94. The average Bonchev–Trinajstić information content (AvgIpc) is 2.06. The summed E-state index contributed by atoms with van der Waals surface area (Å²) in [5, 5.41) is 3.25. The van der Waals surface area contributed by atoms with Crippen molar-refractivity contribution < 1.29 is 4.39 Å². The van der Waals surface area contributed by atoms with Crippen LogP contribution in [0.15, 0.2) is 0 Å². The topological polar surface area (TPSA) is 15.3 Å². The van der Waals surface area contributed by atoms with Crippen LogP contribution in [0.2, 0.25) is 0 Å². The minimum absolute atomic E-state index is 0.257. The van der Waals surface area contributed by atoms with Gasteiger partial charge in [-0.05, 0) is 13.8 Å². The van der Waals surface area contributed by atoms with Gasteiger partial charge in [-0.25, -0.2) is 4.39 Å². The van der Waals surface area contributed by atoms with Gasteiger partial charge in [0, 0.05) is 31.7 Å². The van der Waals surface area contributed by atoms with Gasteiger partial charge in [-0.1, -0.05) is 0 Å². The van der Waals surface area contributed by atoms with Crippen LogP contribution >= 0.6 is 0 Å². The third-order valence-electron chi connectivity index (χ3n) is 2.30. The molecule has 0 amide bonds. The van der Waals surface area contributed by atoms with Crippen molar-refractivity contribution in [2.24, 2.45) is 0 Å². The summed E-state index contributed by atoms with van der Waals surface area (Å²) >= 11 is 0. The second-order valence-electron chi connectivity index (χ2n) is 3.68. The van der Waals surface area contributed by atoms with E-state index in [-0.39, 0.29) is 12.2 Å². The predicted octanol–water partition coefficient (Wildman–Crippen LogP) is 0.640. The van der Waals surface area contributed by atoms with Crippen LogP contribution in [0.5, 0.6) is 0 Å². The molecule has 0 radical (unpaired) electrons. The van der Waals surface area contributed by atoms with E-state index in [1.54, 1.807) is 0 Å². The molecule has 66 valence electrons. The van der Waals surface area contributed by atoms with E-state index in [0.29, 0.717) is 0 Å². The van der Waals surface area contributed by atoms with Crippen molar-refractivity contribution in [2.45, 2.75) is 19.4 Å². The zero-order valence-electron chi connectivity index (χ0n) is 7.36. The van der Waals surface area contributed by atoms with Gasteiger partial charge in [-0.3, -0.25) is 4.90 Å². The van der Waals surface area contributed by atoms with E-state index in [2.05, 4.69) is 10.2 Å². The quantitative estimate of drug-likeness (QED) is 0.637. The number of piperazine rings is 1. The Kier molecular flexibility index (Phi) is 2.84. The van der Waals surface area contributed by atoms with Gasteiger partial charge in [0.05, 0.1) is 0 Å². The molecule has 1 aliphatic heterocycles. The van der Waals surface area contributed by atoms with E-state index < -0.39 is 0 Å². The highest BCUT2D eigenvalue weighted by atomic mass is 19.1. The maximum atomic E-state index is 12.5. The Morgan fingerprint density at radius 3 is 2.36 bits per heavy atom. The SMILES string of the molecule is CC(C)(CF)N1CCNCC1. The van der Waals surface area contributed by atoms with E-state index in [1.165, 1.54) is 0 Å². The Labute approximate surface area is 67.8 Å². The van der Waals surface area contributed by atoms with Crippen molar-refractivity contribution in [3.63, 3.8) is 0 Å². The monoisotopic (exact) mass is 160 g/mol. The molecule has 1 saturated heterocycles. The molecule has 2 nitrogen and oxygen atoms in total. The van der Waals surface area contributed by atoms with Gasteiger partial charge in [0.2, 0.25) is 0 Å². The fourth-order valence-electron chi connectivity index (χ4n) is 1.35. The lowest BCUT2D eigenvalue weighted by atomic mass is 10.0. The molecule has 0 aliphatic carbocycles. The summed E-state index contributed by atoms with van der Waals surface area (Å²) < 4.78 is 12.5. The Morgan fingerprint density at radius 1 is 1.36 bits per heavy atom. The standard InChI is InChI=1S/C8H17FN2/c1-8(2,7-9)11-5-3-10-4-6-11/h10H,3-7H2,1-2H3. The lowest BCUT2D eigenvalue weighted by molar-refractivity contribution is 0.0793. The molecule has 0 spiro atoms. The fourth-order valence-corrected chi connectivity index (χ4v) is 1.35. The zero-order chi connectivity index (χ0) is 8.32. The van der Waals surface area contributed by atoms with Gasteiger partial charge in [-0.15, -0.1) is 0 Å². The number of hydrogen-bond acceptors (Lipinski definition) is 2. The molecule has 0 aromatic carbocycles. The number of rotatable bonds is 2. The summed E-state index contributed by atoms with van der Waals surface area (Å²) in [6, 6.07) is 0. The molecular formula is C8H17FN2.